The van der Waals surface area contributed by atoms with Crippen LogP contribution in [0.4, 0.5) is 5.69 Å². The molecule has 0 aliphatic heterocycles. The zero-order valence-electron chi connectivity index (χ0n) is 15.3. The minimum atomic E-state index is -3.97. The molecule has 0 spiro atoms. The van der Waals surface area contributed by atoms with E-state index in [4.69, 9.17) is 0 Å². The van der Waals surface area contributed by atoms with E-state index in [1.165, 1.54) is 47.6 Å². The summed E-state index contributed by atoms with van der Waals surface area (Å²) in [5.41, 5.74) is 0.423. The van der Waals surface area contributed by atoms with Crippen LogP contribution < -0.4 is 4.72 Å². The van der Waals surface area contributed by atoms with Crippen molar-refractivity contribution in [2.24, 2.45) is 0 Å². The Labute approximate surface area is 160 Å². The number of hydrogen-bond acceptors (Lipinski definition) is 5. The lowest BCUT2D eigenvalue weighted by Crippen LogP contribution is -2.30. The highest BCUT2D eigenvalue weighted by Crippen LogP contribution is 2.22. The number of carbonyl (C=O) groups excluding carboxylic acids is 1. The van der Waals surface area contributed by atoms with Crippen molar-refractivity contribution in [3.63, 3.8) is 0 Å². The molecular formula is C18H22N2O5S2. The third-order valence-corrected chi connectivity index (χ3v) is 7.47. The summed E-state index contributed by atoms with van der Waals surface area (Å²) < 4.78 is 53.9. The van der Waals surface area contributed by atoms with Gasteiger partial charge in [-0.25, -0.2) is 16.8 Å². The third-order valence-electron chi connectivity index (χ3n) is 4.03. The van der Waals surface area contributed by atoms with Crippen LogP contribution in [0.25, 0.3) is 0 Å². The molecular weight excluding hydrogens is 388 g/mol. The van der Waals surface area contributed by atoms with E-state index >= 15 is 0 Å². The molecule has 27 heavy (non-hydrogen) atoms. The first-order valence-corrected chi connectivity index (χ1v) is 11.3. The predicted molar refractivity (Wildman–Crippen MR) is 104 cm³/mol. The van der Waals surface area contributed by atoms with Crippen LogP contribution in [0.1, 0.15) is 31.1 Å². The first-order valence-electron chi connectivity index (χ1n) is 8.36. The number of hydrogen-bond donors (Lipinski definition) is 1. The van der Waals surface area contributed by atoms with Crippen LogP contribution in [-0.2, 0) is 20.0 Å². The van der Waals surface area contributed by atoms with Gasteiger partial charge in [-0.3, -0.25) is 9.52 Å². The number of nitrogens with zero attached hydrogens (tertiary/aromatic N) is 1. The molecule has 9 heteroatoms. The lowest BCUT2D eigenvalue weighted by molar-refractivity contribution is 0.101. The summed E-state index contributed by atoms with van der Waals surface area (Å²) in [5, 5.41) is 0. The Morgan fingerprint density at radius 1 is 0.889 bits per heavy atom. The summed E-state index contributed by atoms with van der Waals surface area (Å²) in [6.45, 7) is 5.46. The first kappa shape index (κ1) is 21.1. The van der Waals surface area contributed by atoms with Crippen molar-refractivity contribution in [2.75, 3.05) is 17.8 Å². The van der Waals surface area contributed by atoms with E-state index in [9.17, 15) is 21.6 Å². The number of benzene rings is 2. The molecule has 0 fully saturated rings. The molecule has 0 radical (unpaired) electrons. The molecule has 0 atom stereocenters. The lowest BCUT2D eigenvalue weighted by atomic mass is 10.1. The van der Waals surface area contributed by atoms with E-state index < -0.39 is 20.0 Å². The average molecular weight is 411 g/mol. The van der Waals surface area contributed by atoms with Gasteiger partial charge < -0.3 is 0 Å². The Morgan fingerprint density at radius 2 is 1.41 bits per heavy atom. The summed E-state index contributed by atoms with van der Waals surface area (Å²) in [7, 11) is -7.64. The number of carbonyl (C=O) groups is 1. The molecule has 0 aliphatic carbocycles. The van der Waals surface area contributed by atoms with E-state index in [0.717, 1.165) is 0 Å². The normalized spacial score (nSPS) is 12.1. The number of rotatable bonds is 8. The second kappa shape index (κ2) is 8.20. The Morgan fingerprint density at radius 3 is 1.93 bits per heavy atom. The Bertz CT molecular complexity index is 1030. The van der Waals surface area contributed by atoms with Gasteiger partial charge in [0.25, 0.3) is 10.0 Å². The summed E-state index contributed by atoms with van der Waals surface area (Å²) in [4.78, 5) is 11.6. The number of nitrogens with one attached hydrogen (secondary N) is 1. The van der Waals surface area contributed by atoms with Gasteiger partial charge in [-0.15, -0.1) is 0 Å². The molecule has 0 amide bonds. The molecule has 7 nitrogen and oxygen atoms in total. The molecule has 0 heterocycles. The minimum Gasteiger partial charge on any atom is -0.294 e. The van der Waals surface area contributed by atoms with Gasteiger partial charge in [0.2, 0.25) is 10.0 Å². The number of para-hydroxylation sites is 1. The molecule has 0 unspecified atom stereocenters. The van der Waals surface area contributed by atoms with Gasteiger partial charge in [0.1, 0.15) is 0 Å². The minimum absolute atomic E-state index is 0.0225. The zero-order valence-corrected chi connectivity index (χ0v) is 17.0. The standard InChI is InChI=1S/C18H22N2O5S2/c1-4-20(5-2)27(24,25)16-12-10-15(11-13-16)26(22,23)19-18-9-7-6-8-17(18)14(3)21/h6-13,19H,4-5H2,1-3H3. The number of anilines is 1. The molecule has 0 bridgehead atoms. The van der Waals surface area contributed by atoms with Crippen LogP contribution in [0.5, 0.6) is 0 Å². The van der Waals surface area contributed by atoms with Crippen LogP contribution in [0, 0.1) is 0 Å². The second-order valence-electron chi connectivity index (χ2n) is 5.77. The Hall–Kier alpha value is -2.23. The summed E-state index contributed by atoms with van der Waals surface area (Å²) in [6.07, 6.45) is 0. The molecule has 2 aromatic carbocycles. The van der Waals surface area contributed by atoms with E-state index in [1.807, 2.05) is 0 Å². The van der Waals surface area contributed by atoms with Gasteiger partial charge in [-0.05, 0) is 43.3 Å². The number of Topliss-reactive ketones (excluding diaryl/α,β-unsaturated/α-hetero) is 1. The largest absolute Gasteiger partial charge is 0.294 e. The van der Waals surface area contributed by atoms with Crippen molar-refractivity contribution in [3.8, 4) is 0 Å². The average Bonchev–Trinajstić information content (AvgIpc) is 2.62. The Kier molecular flexibility index (Phi) is 6.40. The van der Waals surface area contributed by atoms with E-state index in [2.05, 4.69) is 4.72 Å². The van der Waals surface area contributed by atoms with Crippen molar-refractivity contribution < 1.29 is 21.6 Å². The molecule has 1 N–H and O–H groups in total. The fraction of sp³-hybridized carbons (Fsp3) is 0.278. The van der Waals surface area contributed by atoms with Gasteiger partial charge in [-0.1, -0.05) is 26.0 Å². The highest BCUT2D eigenvalue weighted by atomic mass is 32.2. The molecule has 2 aromatic rings. The second-order valence-corrected chi connectivity index (χ2v) is 9.39. The van der Waals surface area contributed by atoms with Crippen molar-refractivity contribution in [2.45, 2.75) is 30.6 Å². The third kappa shape index (κ3) is 4.55. The van der Waals surface area contributed by atoms with Gasteiger partial charge in [0, 0.05) is 18.7 Å². The van der Waals surface area contributed by atoms with Crippen LogP contribution in [0.3, 0.4) is 0 Å². The summed E-state index contributed by atoms with van der Waals surface area (Å²) in [5.74, 6) is -0.269. The van der Waals surface area contributed by atoms with E-state index in [0.29, 0.717) is 13.1 Å². The van der Waals surface area contributed by atoms with E-state index in [-0.39, 0.29) is 26.8 Å². The predicted octanol–water partition coefficient (Wildman–Crippen LogP) is 2.72. The fourth-order valence-corrected chi connectivity index (χ4v) is 5.12. The summed E-state index contributed by atoms with van der Waals surface area (Å²) in [6, 6.07) is 11.3. The molecule has 0 saturated carbocycles. The fourth-order valence-electron chi connectivity index (χ4n) is 2.59. The smallest absolute Gasteiger partial charge is 0.261 e. The van der Waals surface area contributed by atoms with Crippen LogP contribution in [-0.4, -0.2) is 40.0 Å². The SMILES string of the molecule is CCN(CC)S(=O)(=O)c1ccc(S(=O)(=O)Nc2ccccc2C(C)=O)cc1. The number of sulfonamides is 2. The van der Waals surface area contributed by atoms with Crippen molar-refractivity contribution in [1.82, 2.24) is 4.31 Å². The van der Waals surface area contributed by atoms with Crippen LogP contribution >= 0.6 is 0 Å². The maximum Gasteiger partial charge on any atom is 0.261 e. The molecule has 146 valence electrons. The quantitative estimate of drug-likeness (QED) is 0.675. The lowest BCUT2D eigenvalue weighted by Gasteiger charge is -2.18. The van der Waals surface area contributed by atoms with Crippen molar-refractivity contribution in [1.29, 1.82) is 0 Å². The molecule has 0 aromatic heterocycles. The van der Waals surface area contributed by atoms with Gasteiger partial charge in [0.05, 0.1) is 15.5 Å². The van der Waals surface area contributed by atoms with Gasteiger partial charge in [0.15, 0.2) is 5.78 Å². The number of ketones is 1. The molecule has 0 aliphatic rings. The van der Waals surface area contributed by atoms with Gasteiger partial charge >= 0.3 is 0 Å². The summed E-state index contributed by atoms with van der Waals surface area (Å²) >= 11 is 0. The topological polar surface area (TPSA) is 101 Å². The highest BCUT2D eigenvalue weighted by molar-refractivity contribution is 7.92. The maximum absolute atomic E-state index is 12.6. The van der Waals surface area contributed by atoms with Crippen molar-refractivity contribution in [3.05, 3.63) is 54.1 Å². The van der Waals surface area contributed by atoms with Crippen LogP contribution in [0.15, 0.2) is 58.3 Å². The van der Waals surface area contributed by atoms with Gasteiger partial charge in [-0.2, -0.15) is 4.31 Å². The van der Waals surface area contributed by atoms with E-state index in [1.54, 1.807) is 26.0 Å². The molecule has 2 rings (SSSR count). The zero-order chi connectivity index (χ0) is 20.2. The highest BCUT2D eigenvalue weighted by Gasteiger charge is 2.23. The molecule has 0 saturated heterocycles. The maximum atomic E-state index is 12.6. The monoisotopic (exact) mass is 410 g/mol. The Balaban J connectivity index is 2.35. The van der Waals surface area contributed by atoms with Crippen molar-refractivity contribution >= 4 is 31.5 Å². The first-order chi connectivity index (χ1) is 12.6. The van der Waals surface area contributed by atoms with Crippen LogP contribution in [0.2, 0.25) is 0 Å².